The number of thioether (sulfide) groups is 1. The van der Waals surface area contributed by atoms with Crippen LogP contribution < -0.4 is 11.1 Å². The predicted octanol–water partition coefficient (Wildman–Crippen LogP) is 3.74. The van der Waals surface area contributed by atoms with Crippen LogP contribution in [0, 0.1) is 5.82 Å². The molecule has 17 heavy (non-hydrogen) atoms. The van der Waals surface area contributed by atoms with Crippen LogP contribution >= 0.6 is 11.8 Å². The highest BCUT2D eigenvalue weighted by Gasteiger charge is 1.99. The monoisotopic (exact) mass is 256 g/mol. The van der Waals surface area contributed by atoms with E-state index >= 15 is 0 Å². The van der Waals surface area contributed by atoms with Gasteiger partial charge in [-0.15, -0.1) is 0 Å². The summed E-state index contributed by atoms with van der Waals surface area (Å²) in [5.74, 6) is 0.961. The van der Waals surface area contributed by atoms with Crippen molar-refractivity contribution in [3.8, 4) is 0 Å². The first-order chi connectivity index (χ1) is 8.24. The van der Waals surface area contributed by atoms with Crippen molar-refractivity contribution in [2.45, 2.75) is 25.7 Å². The number of halogens is 1. The van der Waals surface area contributed by atoms with E-state index in [0.29, 0.717) is 5.69 Å². The molecule has 0 saturated carbocycles. The Morgan fingerprint density at radius 1 is 1.24 bits per heavy atom. The van der Waals surface area contributed by atoms with Gasteiger partial charge < -0.3 is 11.1 Å². The van der Waals surface area contributed by atoms with Gasteiger partial charge in [-0.2, -0.15) is 11.8 Å². The number of hydrogen-bond acceptors (Lipinski definition) is 3. The molecule has 0 heterocycles. The Bertz CT molecular complexity index is 331. The van der Waals surface area contributed by atoms with E-state index in [0.717, 1.165) is 18.7 Å². The molecule has 0 aliphatic heterocycles. The third kappa shape index (κ3) is 5.82. The highest BCUT2D eigenvalue weighted by Crippen LogP contribution is 2.19. The van der Waals surface area contributed by atoms with E-state index < -0.39 is 0 Å². The number of nitrogen functional groups attached to an aromatic ring is 1. The summed E-state index contributed by atoms with van der Waals surface area (Å²) in [6.07, 6.45) is 7.07. The van der Waals surface area contributed by atoms with Gasteiger partial charge in [-0.05, 0) is 43.0 Å². The normalized spacial score (nSPS) is 10.5. The van der Waals surface area contributed by atoms with Gasteiger partial charge >= 0.3 is 0 Å². The maximum atomic E-state index is 12.8. The highest BCUT2D eigenvalue weighted by molar-refractivity contribution is 7.98. The van der Waals surface area contributed by atoms with Gasteiger partial charge in [0.25, 0.3) is 0 Å². The summed E-state index contributed by atoms with van der Waals surface area (Å²) in [6, 6.07) is 4.47. The lowest BCUT2D eigenvalue weighted by molar-refractivity contribution is 0.628. The van der Waals surface area contributed by atoms with E-state index in [1.807, 2.05) is 11.8 Å². The highest BCUT2D eigenvalue weighted by atomic mass is 32.2. The third-order valence-corrected chi connectivity index (χ3v) is 3.30. The summed E-state index contributed by atoms with van der Waals surface area (Å²) in [5.41, 5.74) is 7.00. The van der Waals surface area contributed by atoms with E-state index in [9.17, 15) is 4.39 Å². The van der Waals surface area contributed by atoms with Gasteiger partial charge in [-0.25, -0.2) is 4.39 Å². The molecule has 0 aliphatic rings. The zero-order chi connectivity index (χ0) is 12.5. The second-order valence-corrected chi connectivity index (χ2v) is 5.05. The maximum Gasteiger partial charge on any atom is 0.125 e. The van der Waals surface area contributed by atoms with Crippen molar-refractivity contribution >= 4 is 23.1 Å². The zero-order valence-electron chi connectivity index (χ0n) is 10.3. The smallest absolute Gasteiger partial charge is 0.125 e. The molecule has 4 heteroatoms. The van der Waals surface area contributed by atoms with Crippen molar-refractivity contribution in [2.24, 2.45) is 0 Å². The molecule has 0 radical (unpaired) electrons. The number of anilines is 2. The summed E-state index contributed by atoms with van der Waals surface area (Å²) >= 11 is 1.90. The second-order valence-electron chi connectivity index (χ2n) is 4.07. The van der Waals surface area contributed by atoms with Gasteiger partial charge in [0.2, 0.25) is 0 Å². The summed E-state index contributed by atoms with van der Waals surface area (Å²) in [6.45, 7) is 0.898. The van der Waals surface area contributed by atoms with Gasteiger partial charge in [0.1, 0.15) is 5.82 Å². The number of nitrogens with two attached hydrogens (primary N) is 1. The molecule has 0 aromatic heterocycles. The summed E-state index contributed by atoms with van der Waals surface area (Å²) in [7, 11) is 0. The fourth-order valence-electron chi connectivity index (χ4n) is 1.64. The number of rotatable bonds is 8. The molecule has 1 aromatic rings. The maximum absolute atomic E-state index is 12.8. The quantitative estimate of drug-likeness (QED) is 0.549. The van der Waals surface area contributed by atoms with Gasteiger partial charge in [0, 0.05) is 6.54 Å². The van der Waals surface area contributed by atoms with E-state index in [4.69, 9.17) is 5.73 Å². The number of benzene rings is 1. The van der Waals surface area contributed by atoms with Gasteiger partial charge in [0.05, 0.1) is 11.4 Å². The standard InChI is InChI=1S/C13H21FN2S/c1-17-9-5-3-2-4-8-16-13-7-6-11(14)10-12(13)15/h6-7,10,16H,2-5,8-9,15H2,1H3. The molecule has 3 N–H and O–H groups in total. The molecule has 1 aromatic carbocycles. The van der Waals surface area contributed by atoms with Crippen molar-refractivity contribution in [2.75, 3.05) is 29.6 Å². The van der Waals surface area contributed by atoms with E-state index in [-0.39, 0.29) is 5.82 Å². The molecule has 0 atom stereocenters. The second kappa shape index (κ2) is 8.23. The predicted molar refractivity (Wildman–Crippen MR) is 76.2 cm³/mol. The first-order valence-corrected chi connectivity index (χ1v) is 7.41. The lowest BCUT2D eigenvalue weighted by Crippen LogP contribution is -2.04. The van der Waals surface area contributed by atoms with E-state index in [1.54, 1.807) is 6.07 Å². The number of nitrogens with one attached hydrogen (secondary N) is 1. The summed E-state index contributed by atoms with van der Waals surface area (Å²) in [5, 5.41) is 3.23. The molecule has 0 saturated heterocycles. The zero-order valence-corrected chi connectivity index (χ0v) is 11.2. The molecule has 1 rings (SSSR count). The van der Waals surface area contributed by atoms with Crippen molar-refractivity contribution in [3.63, 3.8) is 0 Å². The first-order valence-electron chi connectivity index (χ1n) is 6.02. The Hall–Kier alpha value is -0.900. The minimum Gasteiger partial charge on any atom is -0.397 e. The van der Waals surface area contributed by atoms with E-state index in [1.165, 1.54) is 37.1 Å². The molecule has 96 valence electrons. The Morgan fingerprint density at radius 2 is 2.00 bits per heavy atom. The topological polar surface area (TPSA) is 38.0 Å². The molecule has 0 aliphatic carbocycles. The van der Waals surface area contributed by atoms with E-state index in [2.05, 4.69) is 11.6 Å². The fraction of sp³-hybridized carbons (Fsp3) is 0.538. The fourth-order valence-corrected chi connectivity index (χ4v) is 2.14. The Balaban J connectivity index is 2.14. The van der Waals surface area contributed by atoms with Crippen molar-refractivity contribution in [1.29, 1.82) is 0 Å². The van der Waals surface area contributed by atoms with Crippen LogP contribution in [0.4, 0.5) is 15.8 Å². The summed E-state index contributed by atoms with van der Waals surface area (Å²) < 4.78 is 12.8. The average Bonchev–Trinajstić information content (AvgIpc) is 2.30. The molecule has 2 nitrogen and oxygen atoms in total. The third-order valence-electron chi connectivity index (χ3n) is 2.60. The Labute approximate surface area is 107 Å². The lowest BCUT2D eigenvalue weighted by Gasteiger charge is -2.09. The number of hydrogen-bond donors (Lipinski definition) is 2. The van der Waals surface area contributed by atoms with Crippen LogP contribution in [0.5, 0.6) is 0 Å². The summed E-state index contributed by atoms with van der Waals surface area (Å²) in [4.78, 5) is 0. The first kappa shape index (κ1) is 14.2. The van der Waals surface area contributed by atoms with Crippen LogP contribution in [0.2, 0.25) is 0 Å². The van der Waals surface area contributed by atoms with Crippen LogP contribution in [0.3, 0.4) is 0 Å². The van der Waals surface area contributed by atoms with Crippen LogP contribution in [-0.4, -0.2) is 18.6 Å². The van der Waals surface area contributed by atoms with Crippen LogP contribution in [0.25, 0.3) is 0 Å². The molecular weight excluding hydrogens is 235 g/mol. The molecule has 0 unspecified atom stereocenters. The van der Waals surface area contributed by atoms with Crippen molar-refractivity contribution < 1.29 is 4.39 Å². The van der Waals surface area contributed by atoms with Crippen molar-refractivity contribution in [3.05, 3.63) is 24.0 Å². The van der Waals surface area contributed by atoms with Crippen molar-refractivity contribution in [1.82, 2.24) is 0 Å². The van der Waals surface area contributed by atoms with Crippen LogP contribution in [-0.2, 0) is 0 Å². The number of unbranched alkanes of at least 4 members (excludes halogenated alkanes) is 3. The van der Waals surface area contributed by atoms with Gasteiger partial charge in [0.15, 0.2) is 0 Å². The van der Waals surface area contributed by atoms with Gasteiger partial charge in [-0.1, -0.05) is 12.8 Å². The Kier molecular flexibility index (Phi) is 6.86. The molecule has 0 fully saturated rings. The molecular formula is C13H21FN2S. The molecule has 0 amide bonds. The van der Waals surface area contributed by atoms with Gasteiger partial charge in [-0.3, -0.25) is 0 Å². The van der Waals surface area contributed by atoms with Crippen LogP contribution in [0.1, 0.15) is 25.7 Å². The largest absolute Gasteiger partial charge is 0.397 e. The van der Waals surface area contributed by atoms with Crippen LogP contribution in [0.15, 0.2) is 18.2 Å². The average molecular weight is 256 g/mol. The molecule has 0 bridgehead atoms. The molecule has 0 spiro atoms. The lowest BCUT2D eigenvalue weighted by atomic mass is 10.2. The minimum atomic E-state index is -0.287. The Morgan fingerprint density at radius 3 is 2.71 bits per heavy atom. The SMILES string of the molecule is CSCCCCCCNc1ccc(F)cc1N. The minimum absolute atomic E-state index is 0.287.